The second-order valence-electron chi connectivity index (χ2n) is 2.98. The summed E-state index contributed by atoms with van der Waals surface area (Å²) in [6.45, 7) is 0. The van der Waals surface area contributed by atoms with Gasteiger partial charge in [0.25, 0.3) is 0 Å². The average Bonchev–Trinajstić information content (AvgIpc) is 2.34. The van der Waals surface area contributed by atoms with Crippen LogP contribution in [0.3, 0.4) is 0 Å². The van der Waals surface area contributed by atoms with Crippen molar-refractivity contribution in [2.24, 2.45) is 0 Å². The summed E-state index contributed by atoms with van der Waals surface area (Å²) in [6.07, 6.45) is 8.01. The Morgan fingerprint density at radius 1 is 0.938 bits per heavy atom. The summed E-state index contributed by atoms with van der Waals surface area (Å²) in [5, 5.41) is 16.9. The predicted molar refractivity (Wildman–Crippen MR) is 63.9 cm³/mol. The van der Waals surface area contributed by atoms with Gasteiger partial charge in [-0.15, -0.1) is 0 Å². The number of allylic oxidation sites excluding steroid dienone is 5. The second-order valence-corrected chi connectivity index (χ2v) is 2.98. The van der Waals surface area contributed by atoms with E-state index in [1.807, 2.05) is 48.5 Å². The quantitative estimate of drug-likeness (QED) is 0.563. The molecule has 0 bridgehead atoms. The van der Waals surface area contributed by atoms with Gasteiger partial charge < -0.3 is 0 Å². The van der Waals surface area contributed by atoms with Crippen molar-refractivity contribution in [1.29, 1.82) is 10.5 Å². The van der Waals surface area contributed by atoms with Crippen molar-refractivity contribution < 1.29 is 0 Å². The summed E-state index contributed by atoms with van der Waals surface area (Å²) >= 11 is 0. The first-order chi connectivity index (χ1) is 7.86. The molecule has 1 aromatic rings. The highest BCUT2D eigenvalue weighted by atomic mass is 14.2. The molecule has 0 aliphatic heterocycles. The molecule has 0 N–H and O–H groups in total. The van der Waals surface area contributed by atoms with E-state index in [1.165, 1.54) is 12.2 Å². The van der Waals surface area contributed by atoms with Gasteiger partial charge in [-0.1, -0.05) is 30.3 Å². The van der Waals surface area contributed by atoms with Crippen molar-refractivity contribution in [2.45, 2.75) is 0 Å². The minimum Gasteiger partial charge on any atom is -0.193 e. The second kappa shape index (κ2) is 6.81. The molecule has 1 aromatic carbocycles. The molecule has 0 unspecified atom stereocenters. The van der Waals surface area contributed by atoms with E-state index < -0.39 is 0 Å². The van der Waals surface area contributed by atoms with Crippen LogP contribution in [0, 0.1) is 22.7 Å². The maximum absolute atomic E-state index is 8.45. The molecule has 0 radical (unpaired) electrons. The first-order valence-corrected chi connectivity index (χ1v) is 4.76. The van der Waals surface area contributed by atoms with Crippen molar-refractivity contribution in [2.75, 3.05) is 0 Å². The summed E-state index contributed by atoms with van der Waals surface area (Å²) in [5.41, 5.74) is 1.84. The fourth-order valence-corrected chi connectivity index (χ4v) is 1.16. The number of benzene rings is 1. The van der Waals surface area contributed by atoms with Gasteiger partial charge in [-0.25, -0.2) is 0 Å². The number of hydrogen-bond acceptors (Lipinski definition) is 2. The number of hydrogen-bond donors (Lipinski definition) is 0. The molecule has 0 aliphatic carbocycles. The third kappa shape index (κ3) is 4.09. The lowest BCUT2D eigenvalue weighted by Crippen LogP contribution is -1.74. The van der Waals surface area contributed by atoms with Crippen LogP contribution in [0.4, 0.5) is 0 Å². The van der Waals surface area contributed by atoms with Crippen LogP contribution in [0.25, 0.3) is 6.08 Å². The van der Waals surface area contributed by atoms with Crippen molar-refractivity contribution in [3.05, 3.63) is 65.8 Å². The maximum atomic E-state index is 8.45. The van der Waals surface area contributed by atoms with Gasteiger partial charge in [0.05, 0.1) is 12.1 Å². The van der Waals surface area contributed by atoms with E-state index in [4.69, 9.17) is 10.5 Å². The lowest BCUT2D eigenvalue weighted by molar-refractivity contribution is 1.52. The Bertz CT molecular complexity index is 468. The van der Waals surface area contributed by atoms with E-state index in [0.717, 1.165) is 11.1 Å². The summed E-state index contributed by atoms with van der Waals surface area (Å²) < 4.78 is 0. The van der Waals surface area contributed by atoms with Gasteiger partial charge in [-0.3, -0.25) is 0 Å². The molecule has 2 heteroatoms. The van der Waals surface area contributed by atoms with E-state index in [-0.39, 0.29) is 0 Å². The molecule has 0 saturated carbocycles. The highest BCUT2D eigenvalue weighted by Crippen LogP contribution is 2.08. The van der Waals surface area contributed by atoms with E-state index in [1.54, 1.807) is 12.2 Å². The SMILES string of the molecule is N#CC=CC(C=CC#N)=Cc1ccccc1. The molecular weight excluding hydrogens is 196 g/mol. The van der Waals surface area contributed by atoms with E-state index in [0.29, 0.717) is 0 Å². The van der Waals surface area contributed by atoms with Gasteiger partial charge in [0.15, 0.2) is 0 Å². The molecule has 0 aromatic heterocycles. The number of nitriles is 2. The Morgan fingerprint density at radius 2 is 1.50 bits per heavy atom. The van der Waals surface area contributed by atoms with Gasteiger partial charge in [0.1, 0.15) is 0 Å². The minimum absolute atomic E-state index is 0.814. The molecule has 0 heterocycles. The summed E-state index contributed by atoms with van der Waals surface area (Å²) in [5.74, 6) is 0. The van der Waals surface area contributed by atoms with Gasteiger partial charge in [0, 0.05) is 12.2 Å². The van der Waals surface area contributed by atoms with Gasteiger partial charge >= 0.3 is 0 Å². The lowest BCUT2D eigenvalue weighted by Gasteiger charge is -1.94. The zero-order chi connectivity index (χ0) is 11.6. The fourth-order valence-electron chi connectivity index (χ4n) is 1.16. The van der Waals surface area contributed by atoms with Gasteiger partial charge in [0.2, 0.25) is 0 Å². The minimum atomic E-state index is 0.814. The molecular formula is C14H10N2. The Hall–Kier alpha value is -2.58. The Balaban J connectivity index is 2.98. The van der Waals surface area contributed by atoms with Crippen LogP contribution in [-0.4, -0.2) is 0 Å². The Kier molecular flexibility index (Phi) is 4.89. The van der Waals surface area contributed by atoms with Gasteiger partial charge in [-0.2, -0.15) is 10.5 Å². The first-order valence-electron chi connectivity index (χ1n) is 4.76. The smallest absolute Gasteiger partial charge is 0.0912 e. The monoisotopic (exact) mass is 206 g/mol. The summed E-state index contributed by atoms with van der Waals surface area (Å²) in [4.78, 5) is 0. The van der Waals surface area contributed by atoms with E-state index in [9.17, 15) is 0 Å². The highest BCUT2D eigenvalue weighted by Gasteiger charge is 1.88. The van der Waals surface area contributed by atoms with Gasteiger partial charge in [-0.05, 0) is 29.4 Å². The van der Waals surface area contributed by atoms with Crippen LogP contribution in [0.1, 0.15) is 5.56 Å². The normalized spacial score (nSPS) is 9.88. The Morgan fingerprint density at radius 3 is 2.00 bits per heavy atom. The topological polar surface area (TPSA) is 47.6 Å². The van der Waals surface area contributed by atoms with Crippen LogP contribution < -0.4 is 0 Å². The predicted octanol–water partition coefficient (Wildman–Crippen LogP) is 3.23. The molecule has 0 fully saturated rings. The Labute approximate surface area is 95.1 Å². The average molecular weight is 206 g/mol. The van der Waals surface area contributed by atoms with Crippen LogP contribution in [0.15, 0.2) is 60.2 Å². The summed E-state index contributed by atoms with van der Waals surface area (Å²) in [7, 11) is 0. The van der Waals surface area contributed by atoms with Crippen molar-refractivity contribution >= 4 is 6.08 Å². The molecule has 0 aliphatic rings. The number of nitrogens with zero attached hydrogens (tertiary/aromatic N) is 2. The third-order valence-electron chi connectivity index (χ3n) is 1.83. The molecule has 2 nitrogen and oxygen atoms in total. The van der Waals surface area contributed by atoms with E-state index in [2.05, 4.69) is 0 Å². The molecule has 1 rings (SSSR count). The maximum Gasteiger partial charge on any atom is 0.0912 e. The molecule has 0 atom stereocenters. The van der Waals surface area contributed by atoms with Crippen molar-refractivity contribution in [3.8, 4) is 12.1 Å². The number of rotatable bonds is 3. The third-order valence-corrected chi connectivity index (χ3v) is 1.83. The van der Waals surface area contributed by atoms with Crippen LogP contribution >= 0.6 is 0 Å². The summed E-state index contributed by atoms with van der Waals surface area (Å²) in [6, 6.07) is 13.6. The molecule has 76 valence electrons. The van der Waals surface area contributed by atoms with Crippen molar-refractivity contribution in [1.82, 2.24) is 0 Å². The molecule has 16 heavy (non-hydrogen) atoms. The first kappa shape index (κ1) is 11.5. The molecule has 0 saturated heterocycles. The zero-order valence-corrected chi connectivity index (χ0v) is 8.67. The zero-order valence-electron chi connectivity index (χ0n) is 8.67. The largest absolute Gasteiger partial charge is 0.193 e. The standard InChI is InChI=1S/C14H10N2/c15-10-4-8-14(9-5-11-16)12-13-6-2-1-3-7-13/h1-9,12H. The fraction of sp³-hybridized carbons (Fsp3) is 0. The van der Waals surface area contributed by atoms with Crippen LogP contribution in [0.5, 0.6) is 0 Å². The van der Waals surface area contributed by atoms with Crippen molar-refractivity contribution in [3.63, 3.8) is 0 Å². The molecule has 0 spiro atoms. The van der Waals surface area contributed by atoms with Crippen LogP contribution in [-0.2, 0) is 0 Å². The van der Waals surface area contributed by atoms with E-state index >= 15 is 0 Å². The van der Waals surface area contributed by atoms with Crippen LogP contribution in [0.2, 0.25) is 0 Å². The highest BCUT2D eigenvalue weighted by molar-refractivity contribution is 5.59. The molecule has 0 amide bonds. The lowest BCUT2D eigenvalue weighted by atomic mass is 10.1.